The fraction of sp³-hybridized carbons (Fsp3) is 0.316. The van der Waals surface area contributed by atoms with Gasteiger partial charge in [-0.05, 0) is 38.0 Å². The average Bonchev–Trinajstić information content (AvgIpc) is 3.19. The molecule has 0 aliphatic carbocycles. The third-order valence-electron chi connectivity index (χ3n) is 4.72. The summed E-state index contributed by atoms with van der Waals surface area (Å²) in [6.07, 6.45) is 5.73. The number of hydrogen-bond acceptors (Lipinski definition) is 3. The molecule has 2 aromatic heterocycles. The molecule has 5 nitrogen and oxygen atoms in total. The van der Waals surface area contributed by atoms with Crippen LogP contribution in [-0.4, -0.2) is 31.9 Å². The first-order valence-corrected chi connectivity index (χ1v) is 8.30. The molecule has 1 fully saturated rings. The number of nitrogens with zero attached hydrogens (tertiary/aromatic N) is 4. The molecule has 0 spiro atoms. The summed E-state index contributed by atoms with van der Waals surface area (Å²) in [5.41, 5.74) is 2.56. The summed E-state index contributed by atoms with van der Waals surface area (Å²) in [5.74, 6) is 1.04. The van der Waals surface area contributed by atoms with Crippen molar-refractivity contribution in [2.75, 3.05) is 6.54 Å². The van der Waals surface area contributed by atoms with Gasteiger partial charge < -0.3 is 9.47 Å². The van der Waals surface area contributed by atoms with Crippen LogP contribution in [0.5, 0.6) is 0 Å². The number of pyridine rings is 1. The molecule has 3 heterocycles. The molecule has 1 aromatic carbocycles. The molecular formula is C19H20N4O. The van der Waals surface area contributed by atoms with E-state index in [2.05, 4.69) is 9.97 Å². The van der Waals surface area contributed by atoms with Crippen molar-refractivity contribution in [2.24, 2.45) is 7.05 Å². The first-order chi connectivity index (χ1) is 11.6. The van der Waals surface area contributed by atoms with Gasteiger partial charge in [0.2, 0.25) is 0 Å². The molecular weight excluding hydrogens is 300 g/mol. The van der Waals surface area contributed by atoms with Crippen molar-refractivity contribution in [3.63, 3.8) is 0 Å². The highest BCUT2D eigenvalue weighted by Crippen LogP contribution is 2.33. The van der Waals surface area contributed by atoms with Gasteiger partial charge in [0.05, 0.1) is 17.3 Å². The van der Waals surface area contributed by atoms with E-state index in [1.54, 1.807) is 6.20 Å². The third kappa shape index (κ3) is 2.37. The van der Waals surface area contributed by atoms with Crippen molar-refractivity contribution in [2.45, 2.75) is 25.8 Å². The zero-order valence-electron chi connectivity index (χ0n) is 13.9. The summed E-state index contributed by atoms with van der Waals surface area (Å²) in [4.78, 5) is 24.2. The molecule has 0 N–H and O–H groups in total. The van der Waals surface area contributed by atoms with Crippen molar-refractivity contribution in [3.8, 4) is 0 Å². The molecule has 3 aromatic rings. The molecule has 0 radical (unpaired) electrons. The molecule has 0 saturated carbocycles. The van der Waals surface area contributed by atoms with Gasteiger partial charge in [0.1, 0.15) is 5.82 Å². The zero-order chi connectivity index (χ0) is 16.7. The number of aromatic nitrogens is 3. The van der Waals surface area contributed by atoms with Gasteiger partial charge in [0.25, 0.3) is 5.91 Å². The lowest BCUT2D eigenvalue weighted by molar-refractivity contribution is 0.0730. The third-order valence-corrected chi connectivity index (χ3v) is 4.72. The normalized spacial score (nSPS) is 17.6. The van der Waals surface area contributed by atoms with Crippen LogP contribution >= 0.6 is 0 Å². The lowest BCUT2D eigenvalue weighted by atomic mass is 10.1. The van der Waals surface area contributed by atoms with E-state index in [0.29, 0.717) is 0 Å². The smallest absolute Gasteiger partial charge is 0.255 e. The van der Waals surface area contributed by atoms with Gasteiger partial charge in [0, 0.05) is 36.9 Å². The Morgan fingerprint density at radius 2 is 2.12 bits per heavy atom. The topological polar surface area (TPSA) is 51.0 Å². The average molecular weight is 320 g/mol. The predicted octanol–water partition coefficient (Wildman–Crippen LogP) is 3.25. The summed E-state index contributed by atoms with van der Waals surface area (Å²) in [6.45, 7) is 2.76. The van der Waals surface area contributed by atoms with Crippen LogP contribution in [0.2, 0.25) is 0 Å². The fourth-order valence-electron chi connectivity index (χ4n) is 3.67. The van der Waals surface area contributed by atoms with Crippen molar-refractivity contribution >= 4 is 16.8 Å². The van der Waals surface area contributed by atoms with Crippen molar-refractivity contribution in [1.29, 1.82) is 0 Å². The van der Waals surface area contributed by atoms with E-state index in [4.69, 9.17) is 0 Å². The molecule has 1 amide bonds. The van der Waals surface area contributed by atoms with Gasteiger partial charge in [-0.1, -0.05) is 12.1 Å². The Balaban J connectivity index is 1.74. The minimum Gasteiger partial charge on any atom is -0.336 e. The van der Waals surface area contributed by atoms with Gasteiger partial charge in [-0.3, -0.25) is 9.78 Å². The highest BCUT2D eigenvalue weighted by molar-refractivity contribution is 6.06. The number of aryl methyl sites for hydroxylation is 2. The molecule has 0 unspecified atom stereocenters. The summed E-state index contributed by atoms with van der Waals surface area (Å²) >= 11 is 0. The lowest BCUT2D eigenvalue weighted by Crippen LogP contribution is -2.32. The van der Waals surface area contributed by atoms with E-state index in [1.807, 2.05) is 60.0 Å². The molecule has 5 heteroatoms. The van der Waals surface area contributed by atoms with Gasteiger partial charge in [-0.2, -0.15) is 0 Å². The second-order valence-electron chi connectivity index (χ2n) is 6.38. The minimum absolute atomic E-state index is 0.0446. The Labute approximate surface area is 140 Å². The maximum atomic E-state index is 13.2. The van der Waals surface area contributed by atoms with Crippen LogP contribution in [-0.2, 0) is 7.05 Å². The van der Waals surface area contributed by atoms with Crippen LogP contribution in [0, 0.1) is 6.92 Å². The van der Waals surface area contributed by atoms with Gasteiger partial charge in [-0.25, -0.2) is 4.98 Å². The van der Waals surface area contributed by atoms with Crippen molar-refractivity contribution in [3.05, 3.63) is 59.8 Å². The number of amides is 1. The van der Waals surface area contributed by atoms with Crippen LogP contribution in [0.25, 0.3) is 10.9 Å². The van der Waals surface area contributed by atoms with Crippen LogP contribution in [0.15, 0.2) is 42.7 Å². The molecule has 122 valence electrons. The number of benzene rings is 1. The highest BCUT2D eigenvalue weighted by Gasteiger charge is 2.33. The fourth-order valence-corrected chi connectivity index (χ4v) is 3.67. The quantitative estimate of drug-likeness (QED) is 0.728. The maximum absolute atomic E-state index is 13.2. The molecule has 24 heavy (non-hydrogen) atoms. The molecule has 1 aliphatic heterocycles. The molecule has 4 rings (SSSR count). The van der Waals surface area contributed by atoms with Gasteiger partial charge in [0.15, 0.2) is 0 Å². The number of rotatable bonds is 2. The number of carbonyl (C=O) groups is 1. The van der Waals surface area contributed by atoms with E-state index < -0.39 is 0 Å². The van der Waals surface area contributed by atoms with Crippen LogP contribution < -0.4 is 0 Å². The number of fused-ring (bicyclic) bond motifs is 1. The summed E-state index contributed by atoms with van der Waals surface area (Å²) in [7, 11) is 2.00. The first-order valence-electron chi connectivity index (χ1n) is 8.30. The first kappa shape index (κ1) is 14.9. The summed E-state index contributed by atoms with van der Waals surface area (Å²) < 4.78 is 2.04. The Kier molecular flexibility index (Phi) is 3.56. The van der Waals surface area contributed by atoms with E-state index in [9.17, 15) is 4.79 Å². The largest absolute Gasteiger partial charge is 0.336 e. The monoisotopic (exact) mass is 320 g/mol. The predicted molar refractivity (Wildman–Crippen MR) is 92.7 cm³/mol. The Bertz CT molecular complexity index is 909. The Hall–Kier alpha value is -2.69. The number of carbonyl (C=O) groups excluding carboxylic acids is 1. The van der Waals surface area contributed by atoms with Crippen LogP contribution in [0.4, 0.5) is 0 Å². The molecule has 1 saturated heterocycles. The highest BCUT2D eigenvalue weighted by atomic mass is 16.2. The zero-order valence-corrected chi connectivity index (χ0v) is 13.9. The van der Waals surface area contributed by atoms with Crippen LogP contribution in [0.1, 0.15) is 40.8 Å². The Morgan fingerprint density at radius 3 is 2.92 bits per heavy atom. The second kappa shape index (κ2) is 5.74. The number of imidazole rings is 1. The number of hydrogen-bond donors (Lipinski definition) is 0. The Morgan fingerprint density at radius 1 is 1.25 bits per heavy atom. The molecule has 0 bridgehead atoms. The van der Waals surface area contributed by atoms with Gasteiger partial charge >= 0.3 is 0 Å². The van der Waals surface area contributed by atoms with Gasteiger partial charge in [-0.15, -0.1) is 0 Å². The lowest BCUT2D eigenvalue weighted by Gasteiger charge is -2.25. The van der Waals surface area contributed by atoms with E-state index in [0.717, 1.165) is 47.4 Å². The standard InChI is InChI=1S/C19H20N4O/c1-13-12-22(2)18(21-13)17-9-5-11-23(17)19(24)15-6-3-8-16-14(15)7-4-10-20-16/h3-4,6-8,10,12,17H,5,9,11H2,1-2H3/t17-/m0/s1. The maximum Gasteiger partial charge on any atom is 0.255 e. The van der Waals surface area contributed by atoms with E-state index >= 15 is 0 Å². The number of likely N-dealkylation sites (tertiary alicyclic amines) is 1. The minimum atomic E-state index is 0.0446. The van der Waals surface area contributed by atoms with Crippen molar-refractivity contribution < 1.29 is 4.79 Å². The summed E-state index contributed by atoms with van der Waals surface area (Å²) in [6, 6.07) is 9.62. The SMILES string of the molecule is Cc1cn(C)c([C@@H]2CCCN2C(=O)c2cccc3ncccc23)n1. The molecule has 1 atom stereocenters. The van der Waals surface area contributed by atoms with Crippen LogP contribution in [0.3, 0.4) is 0 Å². The molecule has 1 aliphatic rings. The van der Waals surface area contributed by atoms with Crippen molar-refractivity contribution in [1.82, 2.24) is 19.4 Å². The van der Waals surface area contributed by atoms with E-state index in [1.165, 1.54) is 0 Å². The second-order valence-corrected chi connectivity index (χ2v) is 6.38. The summed E-state index contributed by atoms with van der Waals surface area (Å²) in [5, 5.41) is 0.909. The van der Waals surface area contributed by atoms with E-state index in [-0.39, 0.29) is 11.9 Å².